The second-order valence-corrected chi connectivity index (χ2v) is 6.95. The Balaban J connectivity index is 1.88. The van der Waals surface area contributed by atoms with Crippen LogP contribution in [0.3, 0.4) is 0 Å². The summed E-state index contributed by atoms with van der Waals surface area (Å²) in [6.45, 7) is 2.13. The van der Waals surface area contributed by atoms with Gasteiger partial charge in [-0.25, -0.2) is 0 Å². The largest absolute Gasteiger partial charge is 0.488 e. The number of fused-ring (bicyclic) bond motifs is 1. The summed E-state index contributed by atoms with van der Waals surface area (Å²) in [5.74, 6) is 1.03. The summed E-state index contributed by atoms with van der Waals surface area (Å²) in [5, 5.41) is 3.40. The van der Waals surface area contributed by atoms with E-state index in [2.05, 4.69) is 52.4 Å². The lowest BCUT2D eigenvalue weighted by molar-refractivity contribution is 0.185. The molecule has 0 spiro atoms. The molecule has 0 saturated heterocycles. The summed E-state index contributed by atoms with van der Waals surface area (Å²) in [7, 11) is 2.00. The van der Waals surface area contributed by atoms with E-state index in [0.29, 0.717) is 0 Å². The van der Waals surface area contributed by atoms with Crippen molar-refractivity contribution in [2.75, 3.05) is 7.05 Å². The van der Waals surface area contributed by atoms with Crippen molar-refractivity contribution in [3.05, 3.63) is 50.1 Å². The lowest BCUT2D eigenvalue weighted by Crippen LogP contribution is -2.32. The second-order valence-electron chi connectivity index (χ2n) is 4.80. The fraction of sp³-hybridized carbons (Fsp3) is 0.333. The number of para-hydroxylation sites is 1. The van der Waals surface area contributed by atoms with Gasteiger partial charge in [-0.15, -0.1) is 11.3 Å². The number of hydrogen-bond acceptors (Lipinski definition) is 3. The number of likely N-dealkylation sites (N-methyl/N-ethyl adjacent to an activating group) is 1. The number of benzene rings is 1. The van der Waals surface area contributed by atoms with Crippen LogP contribution in [-0.4, -0.2) is 13.2 Å². The maximum atomic E-state index is 6.10. The molecule has 2 heterocycles. The van der Waals surface area contributed by atoms with Gasteiger partial charge in [-0.1, -0.05) is 18.2 Å². The minimum atomic E-state index is 0.164. The number of ether oxygens (including phenoxy) is 1. The Morgan fingerprint density at radius 1 is 1.42 bits per heavy atom. The molecule has 1 aromatic heterocycles. The van der Waals surface area contributed by atoms with Crippen molar-refractivity contribution < 1.29 is 4.74 Å². The Labute approximate surface area is 125 Å². The molecule has 0 bridgehead atoms. The van der Waals surface area contributed by atoms with E-state index in [0.717, 1.165) is 12.2 Å². The third-order valence-corrected chi connectivity index (χ3v) is 5.53. The van der Waals surface area contributed by atoms with E-state index in [-0.39, 0.29) is 12.1 Å². The zero-order chi connectivity index (χ0) is 13.4. The minimum absolute atomic E-state index is 0.164. The van der Waals surface area contributed by atoms with Gasteiger partial charge in [0.05, 0.1) is 6.04 Å². The molecule has 0 aliphatic carbocycles. The van der Waals surface area contributed by atoms with Gasteiger partial charge in [0.2, 0.25) is 0 Å². The van der Waals surface area contributed by atoms with Crippen LogP contribution in [0.15, 0.2) is 34.8 Å². The van der Waals surface area contributed by atoms with Gasteiger partial charge in [0.1, 0.15) is 11.9 Å². The van der Waals surface area contributed by atoms with Crippen LogP contribution in [0.5, 0.6) is 5.75 Å². The first kappa shape index (κ1) is 13.2. The summed E-state index contributed by atoms with van der Waals surface area (Å²) in [5.41, 5.74) is 1.30. The van der Waals surface area contributed by atoms with Gasteiger partial charge >= 0.3 is 0 Å². The van der Waals surface area contributed by atoms with Crippen LogP contribution in [0.25, 0.3) is 0 Å². The number of thiophene rings is 1. The van der Waals surface area contributed by atoms with Crippen LogP contribution in [0.4, 0.5) is 0 Å². The Hall–Kier alpha value is -0.840. The lowest BCUT2D eigenvalue weighted by atomic mass is 10.0. The Morgan fingerprint density at radius 3 is 2.84 bits per heavy atom. The molecule has 100 valence electrons. The highest BCUT2D eigenvalue weighted by molar-refractivity contribution is 9.10. The summed E-state index contributed by atoms with van der Waals surface area (Å²) in [4.78, 5) is 2.63. The van der Waals surface area contributed by atoms with E-state index in [1.807, 2.05) is 24.5 Å². The van der Waals surface area contributed by atoms with E-state index in [1.165, 1.54) is 19.8 Å². The van der Waals surface area contributed by atoms with Crippen LogP contribution in [0, 0.1) is 6.92 Å². The van der Waals surface area contributed by atoms with Crippen molar-refractivity contribution in [2.24, 2.45) is 0 Å². The maximum Gasteiger partial charge on any atom is 0.123 e. The highest BCUT2D eigenvalue weighted by Gasteiger charge is 2.32. The molecule has 0 radical (unpaired) electrons. The predicted molar refractivity (Wildman–Crippen MR) is 83.1 cm³/mol. The number of aryl methyl sites for hydroxylation is 1. The van der Waals surface area contributed by atoms with Crippen molar-refractivity contribution in [1.29, 1.82) is 0 Å². The quantitative estimate of drug-likeness (QED) is 0.910. The van der Waals surface area contributed by atoms with E-state index in [4.69, 9.17) is 4.74 Å². The normalized spacial score (nSPS) is 19.0. The smallest absolute Gasteiger partial charge is 0.123 e. The summed E-state index contributed by atoms with van der Waals surface area (Å²) in [6.07, 6.45) is 1.13. The van der Waals surface area contributed by atoms with E-state index < -0.39 is 0 Å². The molecule has 0 saturated carbocycles. The predicted octanol–water partition coefficient (Wildman–Crippen LogP) is 4.08. The molecule has 0 fully saturated rings. The molecule has 2 unspecified atom stereocenters. The molecule has 19 heavy (non-hydrogen) atoms. The van der Waals surface area contributed by atoms with Crippen LogP contribution in [-0.2, 0) is 6.42 Å². The highest BCUT2D eigenvalue weighted by atomic mass is 79.9. The van der Waals surface area contributed by atoms with Crippen LogP contribution in [0.2, 0.25) is 0 Å². The first-order valence-electron chi connectivity index (χ1n) is 6.36. The molecule has 1 aromatic carbocycles. The van der Waals surface area contributed by atoms with Crippen LogP contribution >= 0.6 is 27.3 Å². The van der Waals surface area contributed by atoms with Gasteiger partial charge in [0, 0.05) is 20.6 Å². The lowest BCUT2D eigenvalue weighted by Gasteiger charge is -2.22. The first-order chi connectivity index (χ1) is 9.19. The van der Waals surface area contributed by atoms with Crippen LogP contribution < -0.4 is 10.1 Å². The molecular weight excluding hydrogens is 322 g/mol. The van der Waals surface area contributed by atoms with E-state index >= 15 is 0 Å². The number of hydrogen-bond donors (Lipinski definition) is 1. The third-order valence-electron chi connectivity index (χ3n) is 3.47. The first-order valence-corrected chi connectivity index (χ1v) is 7.97. The molecular formula is C15H16BrNOS. The zero-order valence-electron chi connectivity index (χ0n) is 10.9. The minimum Gasteiger partial charge on any atom is -0.488 e. The second kappa shape index (κ2) is 5.27. The Kier molecular flexibility index (Phi) is 3.65. The number of nitrogens with one attached hydrogen (secondary N) is 1. The molecule has 2 atom stereocenters. The average Bonchev–Trinajstić information content (AvgIpc) is 2.94. The van der Waals surface area contributed by atoms with Gasteiger partial charge in [0.15, 0.2) is 0 Å². The molecule has 4 heteroatoms. The molecule has 2 nitrogen and oxygen atoms in total. The van der Waals surface area contributed by atoms with Crippen molar-refractivity contribution in [3.8, 4) is 5.75 Å². The molecule has 2 aromatic rings. The van der Waals surface area contributed by atoms with Crippen molar-refractivity contribution in [2.45, 2.75) is 25.5 Å². The molecule has 1 aliphatic rings. The maximum absolute atomic E-state index is 6.10. The van der Waals surface area contributed by atoms with Gasteiger partial charge in [-0.05, 0) is 47.6 Å². The zero-order valence-corrected chi connectivity index (χ0v) is 13.3. The molecule has 1 N–H and O–H groups in total. The molecule has 3 rings (SSSR count). The summed E-state index contributed by atoms with van der Waals surface area (Å²) >= 11 is 5.48. The SMILES string of the molecule is CNC(c1sc(C)cc1Br)C1Cc2ccccc2O1. The van der Waals surface area contributed by atoms with Crippen molar-refractivity contribution in [1.82, 2.24) is 5.32 Å². The van der Waals surface area contributed by atoms with Crippen molar-refractivity contribution >= 4 is 27.3 Å². The van der Waals surface area contributed by atoms with E-state index in [1.54, 1.807) is 0 Å². The van der Waals surface area contributed by atoms with Crippen LogP contribution in [0.1, 0.15) is 21.4 Å². The van der Waals surface area contributed by atoms with Gasteiger partial charge in [0.25, 0.3) is 0 Å². The number of halogens is 1. The topological polar surface area (TPSA) is 21.3 Å². The highest BCUT2D eigenvalue weighted by Crippen LogP contribution is 2.39. The van der Waals surface area contributed by atoms with Crippen molar-refractivity contribution in [3.63, 3.8) is 0 Å². The van der Waals surface area contributed by atoms with E-state index in [9.17, 15) is 0 Å². The van der Waals surface area contributed by atoms with Gasteiger partial charge < -0.3 is 10.1 Å². The monoisotopic (exact) mass is 337 g/mol. The van der Waals surface area contributed by atoms with Gasteiger partial charge in [-0.2, -0.15) is 0 Å². The number of rotatable bonds is 3. The molecule has 0 amide bonds. The average molecular weight is 338 g/mol. The fourth-order valence-electron chi connectivity index (χ4n) is 2.59. The Morgan fingerprint density at radius 2 is 2.21 bits per heavy atom. The fourth-order valence-corrected chi connectivity index (χ4v) is 4.65. The Bertz CT molecular complexity index is 571. The van der Waals surface area contributed by atoms with Gasteiger partial charge in [-0.3, -0.25) is 0 Å². The summed E-state index contributed by atoms with van der Waals surface area (Å²) in [6, 6.07) is 10.7. The summed E-state index contributed by atoms with van der Waals surface area (Å²) < 4.78 is 7.28. The standard InChI is InChI=1S/C15H16BrNOS/c1-9-7-11(16)15(19-9)14(17-2)13-8-10-5-3-4-6-12(10)18-13/h3-7,13-14,17H,8H2,1-2H3. The molecule has 1 aliphatic heterocycles. The third kappa shape index (κ3) is 2.45.